The smallest absolute Gasteiger partial charge is 0.0333 e. The number of hydrogen-bond donors (Lipinski definition) is 1. The summed E-state index contributed by atoms with van der Waals surface area (Å²) in [7, 11) is 2.25. The molecule has 1 aliphatic carbocycles. The number of rotatable bonds is 3. The number of nitrogens with two attached hydrogens (primary N) is 1. The standard InChI is InChI=1S/C16H33N3/c1-5-14-6-8-16(12-17,9-7-14)19-11-10-18(4)15(2,3)13-19/h14H,5-13,17H2,1-4H3. The molecule has 0 bridgehead atoms. The van der Waals surface area contributed by atoms with E-state index >= 15 is 0 Å². The van der Waals surface area contributed by atoms with Crippen LogP contribution in [0.15, 0.2) is 0 Å². The summed E-state index contributed by atoms with van der Waals surface area (Å²) >= 11 is 0. The Labute approximate surface area is 119 Å². The van der Waals surface area contributed by atoms with Crippen molar-refractivity contribution in [1.29, 1.82) is 0 Å². The summed E-state index contributed by atoms with van der Waals surface area (Å²) in [6.45, 7) is 11.4. The van der Waals surface area contributed by atoms with Crippen LogP contribution in [0.25, 0.3) is 0 Å². The minimum atomic E-state index is 0.280. The van der Waals surface area contributed by atoms with E-state index < -0.39 is 0 Å². The van der Waals surface area contributed by atoms with E-state index in [-0.39, 0.29) is 5.54 Å². The normalized spacial score (nSPS) is 37.4. The third-order valence-corrected chi connectivity index (χ3v) is 5.98. The molecule has 112 valence electrons. The van der Waals surface area contributed by atoms with Crippen LogP contribution >= 0.6 is 0 Å². The van der Waals surface area contributed by atoms with Gasteiger partial charge in [-0.2, -0.15) is 0 Å². The van der Waals surface area contributed by atoms with Crippen molar-refractivity contribution in [2.45, 2.75) is 64.0 Å². The fourth-order valence-electron chi connectivity index (χ4n) is 3.92. The summed E-state index contributed by atoms with van der Waals surface area (Å²) in [5.74, 6) is 0.945. The summed E-state index contributed by atoms with van der Waals surface area (Å²) in [5.41, 5.74) is 6.80. The lowest BCUT2D eigenvalue weighted by Crippen LogP contribution is -2.66. The Kier molecular flexibility index (Phi) is 4.59. The lowest BCUT2D eigenvalue weighted by Gasteiger charge is -2.55. The van der Waals surface area contributed by atoms with Crippen LogP contribution in [0.4, 0.5) is 0 Å². The van der Waals surface area contributed by atoms with E-state index in [9.17, 15) is 0 Å². The van der Waals surface area contributed by atoms with E-state index in [2.05, 4.69) is 37.6 Å². The zero-order valence-electron chi connectivity index (χ0n) is 13.4. The molecule has 2 aliphatic rings. The third kappa shape index (κ3) is 2.98. The van der Waals surface area contributed by atoms with Crippen LogP contribution in [-0.4, -0.2) is 54.1 Å². The van der Waals surface area contributed by atoms with Gasteiger partial charge in [-0.1, -0.05) is 13.3 Å². The summed E-state index contributed by atoms with van der Waals surface area (Å²) in [6, 6.07) is 0. The zero-order valence-corrected chi connectivity index (χ0v) is 13.4. The van der Waals surface area contributed by atoms with Crippen LogP contribution in [0.3, 0.4) is 0 Å². The van der Waals surface area contributed by atoms with Crippen molar-refractivity contribution >= 4 is 0 Å². The average Bonchev–Trinajstić information content (AvgIpc) is 2.42. The molecule has 1 aliphatic heterocycles. The Hall–Kier alpha value is -0.120. The van der Waals surface area contributed by atoms with Crippen molar-refractivity contribution in [3.8, 4) is 0 Å². The van der Waals surface area contributed by atoms with Crippen LogP contribution in [0.2, 0.25) is 0 Å². The van der Waals surface area contributed by atoms with E-state index in [1.165, 1.54) is 45.2 Å². The van der Waals surface area contributed by atoms with E-state index in [1.807, 2.05) is 0 Å². The molecule has 0 aromatic carbocycles. The van der Waals surface area contributed by atoms with Crippen molar-refractivity contribution < 1.29 is 0 Å². The fourth-order valence-corrected chi connectivity index (χ4v) is 3.92. The largest absolute Gasteiger partial charge is 0.329 e. The Morgan fingerprint density at radius 1 is 1.16 bits per heavy atom. The van der Waals surface area contributed by atoms with Crippen molar-refractivity contribution in [3.05, 3.63) is 0 Å². The Morgan fingerprint density at radius 3 is 2.26 bits per heavy atom. The SMILES string of the molecule is CCC1CCC(CN)(N2CCN(C)C(C)(C)C2)CC1. The van der Waals surface area contributed by atoms with Gasteiger partial charge in [0.2, 0.25) is 0 Å². The monoisotopic (exact) mass is 267 g/mol. The van der Waals surface area contributed by atoms with Crippen LogP contribution in [0.1, 0.15) is 52.9 Å². The van der Waals surface area contributed by atoms with E-state index in [4.69, 9.17) is 5.73 Å². The molecule has 2 fully saturated rings. The predicted molar refractivity (Wildman–Crippen MR) is 82.3 cm³/mol. The lowest BCUT2D eigenvalue weighted by molar-refractivity contribution is -0.0419. The molecule has 1 saturated heterocycles. The second-order valence-corrected chi connectivity index (χ2v) is 7.44. The van der Waals surface area contributed by atoms with Crippen LogP contribution in [0.5, 0.6) is 0 Å². The van der Waals surface area contributed by atoms with Crippen molar-refractivity contribution in [1.82, 2.24) is 9.80 Å². The third-order valence-electron chi connectivity index (χ3n) is 5.98. The van der Waals surface area contributed by atoms with Gasteiger partial charge >= 0.3 is 0 Å². The average molecular weight is 267 g/mol. The second-order valence-electron chi connectivity index (χ2n) is 7.44. The summed E-state index contributed by atoms with van der Waals surface area (Å²) in [6.07, 6.45) is 6.71. The first-order valence-corrected chi connectivity index (χ1v) is 8.10. The molecule has 0 aromatic rings. The Bertz CT molecular complexity index is 292. The molecule has 0 atom stereocenters. The van der Waals surface area contributed by atoms with Gasteiger partial charge in [-0.25, -0.2) is 0 Å². The molecule has 0 aromatic heterocycles. The Balaban J connectivity index is 2.06. The second kappa shape index (κ2) is 5.71. The molecule has 0 unspecified atom stereocenters. The highest BCUT2D eigenvalue weighted by molar-refractivity contribution is 5.01. The molecule has 1 saturated carbocycles. The van der Waals surface area contributed by atoms with Gasteiger partial charge < -0.3 is 5.73 Å². The van der Waals surface area contributed by atoms with Gasteiger partial charge in [0.1, 0.15) is 0 Å². The first-order chi connectivity index (χ1) is 8.93. The van der Waals surface area contributed by atoms with E-state index in [0.29, 0.717) is 5.54 Å². The Morgan fingerprint density at radius 2 is 1.79 bits per heavy atom. The molecular formula is C16H33N3. The molecule has 0 spiro atoms. The number of nitrogens with zero attached hydrogens (tertiary/aromatic N) is 2. The van der Waals surface area contributed by atoms with Crippen LogP contribution in [0, 0.1) is 5.92 Å². The minimum absolute atomic E-state index is 0.280. The molecule has 1 heterocycles. The molecule has 2 rings (SSSR count). The van der Waals surface area contributed by atoms with Gasteiger partial charge in [-0.05, 0) is 52.5 Å². The molecule has 3 heteroatoms. The molecule has 0 amide bonds. The maximum absolute atomic E-state index is 6.22. The van der Waals surface area contributed by atoms with Crippen molar-refractivity contribution in [2.75, 3.05) is 33.2 Å². The van der Waals surface area contributed by atoms with Gasteiger partial charge in [0, 0.05) is 37.3 Å². The van der Waals surface area contributed by atoms with Crippen molar-refractivity contribution in [3.63, 3.8) is 0 Å². The molecular weight excluding hydrogens is 234 g/mol. The molecule has 2 N–H and O–H groups in total. The van der Waals surface area contributed by atoms with Crippen LogP contribution in [-0.2, 0) is 0 Å². The van der Waals surface area contributed by atoms with Crippen LogP contribution < -0.4 is 5.73 Å². The molecule has 3 nitrogen and oxygen atoms in total. The van der Waals surface area contributed by atoms with Crippen molar-refractivity contribution in [2.24, 2.45) is 11.7 Å². The predicted octanol–water partition coefficient (Wildman–Crippen LogP) is 2.31. The van der Waals surface area contributed by atoms with Gasteiger partial charge in [-0.15, -0.1) is 0 Å². The fraction of sp³-hybridized carbons (Fsp3) is 1.00. The first-order valence-electron chi connectivity index (χ1n) is 8.10. The van der Waals surface area contributed by atoms with Gasteiger partial charge in [0.05, 0.1) is 0 Å². The number of hydrogen-bond acceptors (Lipinski definition) is 3. The highest BCUT2D eigenvalue weighted by atomic mass is 15.3. The topological polar surface area (TPSA) is 32.5 Å². The maximum Gasteiger partial charge on any atom is 0.0333 e. The number of likely N-dealkylation sites (N-methyl/N-ethyl adjacent to an activating group) is 1. The highest BCUT2D eigenvalue weighted by Gasteiger charge is 2.43. The molecule has 0 radical (unpaired) electrons. The zero-order chi connectivity index (χ0) is 14.1. The van der Waals surface area contributed by atoms with Gasteiger partial charge in [-0.3, -0.25) is 9.80 Å². The summed E-state index contributed by atoms with van der Waals surface area (Å²) in [4.78, 5) is 5.21. The molecule has 19 heavy (non-hydrogen) atoms. The lowest BCUT2D eigenvalue weighted by atomic mass is 9.73. The minimum Gasteiger partial charge on any atom is -0.329 e. The summed E-state index contributed by atoms with van der Waals surface area (Å²) in [5, 5.41) is 0. The van der Waals surface area contributed by atoms with E-state index in [0.717, 1.165) is 19.0 Å². The maximum atomic E-state index is 6.22. The van der Waals surface area contributed by atoms with Gasteiger partial charge in [0.15, 0.2) is 0 Å². The highest BCUT2D eigenvalue weighted by Crippen LogP contribution is 2.39. The number of piperazine rings is 1. The first kappa shape index (κ1) is 15.3. The van der Waals surface area contributed by atoms with Gasteiger partial charge in [0.25, 0.3) is 0 Å². The summed E-state index contributed by atoms with van der Waals surface area (Å²) < 4.78 is 0. The van der Waals surface area contributed by atoms with E-state index in [1.54, 1.807) is 0 Å². The quantitative estimate of drug-likeness (QED) is 0.852.